The highest BCUT2D eigenvalue weighted by Gasteiger charge is 2.25. The number of nitrogens with zero attached hydrogens (tertiary/aromatic N) is 4. The fourth-order valence-corrected chi connectivity index (χ4v) is 5.73. The summed E-state index contributed by atoms with van der Waals surface area (Å²) in [4.78, 5) is 22.7. The highest BCUT2D eigenvalue weighted by Crippen LogP contribution is 2.35. The Hall–Kier alpha value is -2.81. The summed E-state index contributed by atoms with van der Waals surface area (Å²) in [5, 5.41) is 3.72. The second-order valence-electron chi connectivity index (χ2n) is 8.84. The number of hydrogen-bond acceptors (Lipinski definition) is 5. The molecule has 1 aliphatic rings. The van der Waals surface area contributed by atoms with Crippen molar-refractivity contribution in [2.24, 2.45) is 0 Å². The molecule has 9 heteroatoms. The van der Waals surface area contributed by atoms with Crippen LogP contribution < -0.4 is 10.1 Å². The van der Waals surface area contributed by atoms with Gasteiger partial charge in [-0.15, -0.1) is 0 Å². The normalized spacial score (nSPS) is 14.9. The number of amides is 2. The molecule has 0 aliphatic carbocycles. The third-order valence-electron chi connectivity index (χ3n) is 6.09. The molecule has 1 fully saturated rings. The Bertz CT molecular complexity index is 1340. The van der Waals surface area contributed by atoms with Gasteiger partial charge in [0.1, 0.15) is 5.75 Å². The van der Waals surface area contributed by atoms with Crippen molar-refractivity contribution < 1.29 is 9.53 Å². The summed E-state index contributed by atoms with van der Waals surface area (Å²) in [7, 11) is 1.68. The minimum atomic E-state index is 0.0131. The van der Waals surface area contributed by atoms with Crippen molar-refractivity contribution in [3.05, 3.63) is 53.2 Å². The Kier molecular flexibility index (Phi) is 6.38. The Labute approximate surface area is 207 Å². The van der Waals surface area contributed by atoms with Gasteiger partial charge in [0.2, 0.25) is 0 Å². The number of ether oxygens (including phenoxy) is 1. The highest BCUT2D eigenvalue weighted by molar-refractivity contribution is 7.23. The zero-order valence-electron chi connectivity index (χ0n) is 19.5. The monoisotopic (exact) mass is 497 g/mol. The van der Waals surface area contributed by atoms with E-state index in [9.17, 15) is 4.79 Å². The topological polar surface area (TPSA) is 62.1 Å². The van der Waals surface area contributed by atoms with Gasteiger partial charge in [0.25, 0.3) is 0 Å². The van der Waals surface area contributed by atoms with Crippen LogP contribution in [0.1, 0.15) is 19.5 Å². The maximum atomic E-state index is 12.4. The summed E-state index contributed by atoms with van der Waals surface area (Å²) in [6.45, 7) is 7.73. The van der Waals surface area contributed by atoms with Crippen molar-refractivity contribution in [3.8, 4) is 17.0 Å². The van der Waals surface area contributed by atoms with Gasteiger partial charge in [0.15, 0.2) is 4.96 Å². The van der Waals surface area contributed by atoms with Crippen LogP contribution in [-0.2, 0) is 6.54 Å². The van der Waals surface area contributed by atoms with Crippen molar-refractivity contribution in [3.63, 3.8) is 0 Å². The summed E-state index contributed by atoms with van der Waals surface area (Å²) in [5.74, 6) is 0.807. The number of methoxy groups -OCH3 is 1. The smallest absolute Gasteiger partial charge is 0.317 e. The molecular formula is C25H28ClN5O2S. The molecule has 0 unspecified atom stereocenters. The van der Waals surface area contributed by atoms with Crippen LogP contribution in [-0.4, -0.2) is 64.5 Å². The van der Waals surface area contributed by atoms with Crippen LogP contribution in [0.3, 0.4) is 0 Å². The number of imidazole rings is 1. The van der Waals surface area contributed by atoms with Gasteiger partial charge in [-0.25, -0.2) is 9.78 Å². The van der Waals surface area contributed by atoms with E-state index in [1.54, 1.807) is 18.4 Å². The molecule has 0 atom stereocenters. The summed E-state index contributed by atoms with van der Waals surface area (Å²) in [5.41, 5.74) is 4.23. The number of urea groups is 1. The lowest BCUT2D eigenvalue weighted by molar-refractivity contribution is 0.133. The molecule has 1 N–H and O–H groups in total. The zero-order valence-corrected chi connectivity index (χ0v) is 21.1. The first-order chi connectivity index (χ1) is 16.4. The summed E-state index contributed by atoms with van der Waals surface area (Å²) in [6.07, 6.45) is 0. The van der Waals surface area contributed by atoms with E-state index >= 15 is 0 Å². The molecule has 0 spiro atoms. The molecule has 2 aromatic carbocycles. The number of rotatable bonds is 5. The Morgan fingerprint density at radius 1 is 1.18 bits per heavy atom. The van der Waals surface area contributed by atoms with Gasteiger partial charge in [-0.05, 0) is 44.2 Å². The lowest BCUT2D eigenvalue weighted by Gasteiger charge is -2.35. The van der Waals surface area contributed by atoms with Crippen molar-refractivity contribution in [2.45, 2.75) is 26.4 Å². The van der Waals surface area contributed by atoms with Crippen molar-refractivity contribution in [1.82, 2.24) is 24.5 Å². The van der Waals surface area contributed by atoms with Crippen molar-refractivity contribution in [1.29, 1.82) is 0 Å². The standard InChI is InChI=1S/C25H28ClN5O2S/c1-16(2)27-24(32)30-11-9-29(10-12-30)15-21-23(17-5-4-6-19(13-17)33-3)28-25-31(21)20-8-7-18(26)14-22(20)34-25/h4-8,13-14,16H,9-12,15H2,1-3H3,(H,27,32). The molecule has 0 saturated carbocycles. The molecular weight excluding hydrogens is 470 g/mol. The lowest BCUT2D eigenvalue weighted by atomic mass is 10.1. The van der Waals surface area contributed by atoms with Crippen LogP contribution in [0.5, 0.6) is 5.75 Å². The molecule has 3 heterocycles. The fraction of sp³-hybridized carbons (Fsp3) is 0.360. The van der Waals surface area contributed by atoms with Gasteiger partial charge in [-0.3, -0.25) is 9.30 Å². The Morgan fingerprint density at radius 3 is 2.71 bits per heavy atom. The van der Waals surface area contributed by atoms with Crippen molar-refractivity contribution >= 4 is 44.1 Å². The molecule has 2 amide bonds. The van der Waals surface area contributed by atoms with E-state index in [4.69, 9.17) is 21.3 Å². The molecule has 0 bridgehead atoms. The number of hydrogen-bond donors (Lipinski definition) is 1. The number of nitrogens with one attached hydrogen (secondary N) is 1. The number of carbonyl (C=O) groups is 1. The van der Waals surface area contributed by atoms with Gasteiger partial charge in [0.05, 0.1) is 28.7 Å². The van der Waals surface area contributed by atoms with E-state index in [2.05, 4.69) is 26.8 Å². The van der Waals surface area contributed by atoms with Crippen LogP contribution in [0.2, 0.25) is 5.02 Å². The molecule has 178 valence electrons. The first kappa shape index (κ1) is 23.0. The average molecular weight is 498 g/mol. The van der Waals surface area contributed by atoms with E-state index in [-0.39, 0.29) is 12.1 Å². The van der Waals surface area contributed by atoms with Gasteiger partial charge >= 0.3 is 6.03 Å². The number of thiazole rings is 1. The second kappa shape index (κ2) is 9.44. The second-order valence-corrected chi connectivity index (χ2v) is 10.3. The van der Waals surface area contributed by atoms with Crippen LogP contribution in [0.4, 0.5) is 4.79 Å². The fourth-order valence-electron chi connectivity index (χ4n) is 4.41. The molecule has 0 radical (unpaired) electrons. The summed E-state index contributed by atoms with van der Waals surface area (Å²) in [6, 6.07) is 14.2. The predicted octanol–water partition coefficient (Wildman–Crippen LogP) is 5.11. The summed E-state index contributed by atoms with van der Waals surface area (Å²) < 4.78 is 8.83. The van der Waals surface area contributed by atoms with E-state index in [0.717, 1.165) is 62.5 Å². The van der Waals surface area contributed by atoms with Crippen LogP contribution in [0.15, 0.2) is 42.5 Å². The third-order valence-corrected chi connectivity index (χ3v) is 7.33. The highest BCUT2D eigenvalue weighted by atomic mass is 35.5. The third kappa shape index (κ3) is 4.45. The first-order valence-corrected chi connectivity index (χ1v) is 12.6. The van der Waals surface area contributed by atoms with E-state index in [0.29, 0.717) is 13.1 Å². The maximum absolute atomic E-state index is 12.4. The average Bonchev–Trinajstić information content (AvgIpc) is 3.35. The molecule has 1 saturated heterocycles. The number of fused-ring (bicyclic) bond motifs is 3. The van der Waals surface area contributed by atoms with E-state index in [1.807, 2.05) is 49.1 Å². The quantitative estimate of drug-likeness (QED) is 0.416. The largest absolute Gasteiger partial charge is 0.497 e. The van der Waals surface area contributed by atoms with Gasteiger partial charge in [-0.2, -0.15) is 0 Å². The van der Waals surface area contributed by atoms with E-state index < -0.39 is 0 Å². The number of aromatic nitrogens is 2. The Morgan fingerprint density at radius 2 is 1.97 bits per heavy atom. The molecule has 5 rings (SSSR count). The minimum Gasteiger partial charge on any atom is -0.497 e. The Balaban J connectivity index is 1.49. The lowest BCUT2D eigenvalue weighted by Crippen LogP contribution is -2.52. The molecule has 4 aromatic rings. The maximum Gasteiger partial charge on any atom is 0.317 e. The molecule has 34 heavy (non-hydrogen) atoms. The number of piperazine rings is 1. The molecule has 7 nitrogen and oxygen atoms in total. The first-order valence-electron chi connectivity index (χ1n) is 11.4. The number of halogens is 1. The van der Waals surface area contributed by atoms with Gasteiger partial charge < -0.3 is 15.0 Å². The summed E-state index contributed by atoms with van der Waals surface area (Å²) >= 11 is 7.90. The zero-order chi connectivity index (χ0) is 23.8. The SMILES string of the molecule is COc1cccc(-c2nc3sc4cc(Cl)ccc4n3c2CN2CCN(C(=O)NC(C)C)CC2)c1. The van der Waals surface area contributed by atoms with Crippen LogP contribution in [0, 0.1) is 0 Å². The van der Waals surface area contributed by atoms with Gasteiger partial charge in [0, 0.05) is 49.4 Å². The number of benzene rings is 2. The molecule has 1 aliphatic heterocycles. The van der Waals surface area contributed by atoms with Gasteiger partial charge in [-0.1, -0.05) is 35.1 Å². The van der Waals surface area contributed by atoms with Crippen molar-refractivity contribution in [2.75, 3.05) is 33.3 Å². The minimum absolute atomic E-state index is 0.0131. The number of carbonyl (C=O) groups excluding carboxylic acids is 1. The van der Waals surface area contributed by atoms with Crippen LogP contribution >= 0.6 is 22.9 Å². The predicted molar refractivity (Wildman–Crippen MR) is 138 cm³/mol. The molecule has 2 aromatic heterocycles. The van der Waals surface area contributed by atoms with E-state index in [1.165, 1.54) is 0 Å². The van der Waals surface area contributed by atoms with Crippen LogP contribution in [0.25, 0.3) is 26.4 Å².